The average molecular weight is 600 g/mol. The summed E-state index contributed by atoms with van der Waals surface area (Å²) in [5.41, 5.74) is 3.20. The molecule has 43 heavy (non-hydrogen) atoms. The normalized spacial score (nSPS) is 11.5. The molecule has 4 N–H and O–H groups in total. The molecule has 1 amide bonds. The van der Waals surface area contributed by atoms with Crippen LogP contribution in [0.4, 0.5) is 28.7 Å². The zero-order chi connectivity index (χ0) is 30.2. The van der Waals surface area contributed by atoms with Crippen molar-refractivity contribution in [3.05, 3.63) is 96.8 Å². The van der Waals surface area contributed by atoms with Crippen molar-refractivity contribution in [3.63, 3.8) is 0 Å². The number of carbonyl (C=O) groups excluding carboxylic acids is 1. The van der Waals surface area contributed by atoms with Gasteiger partial charge < -0.3 is 25.4 Å². The summed E-state index contributed by atoms with van der Waals surface area (Å²) in [6.07, 6.45) is 1.69. The summed E-state index contributed by atoms with van der Waals surface area (Å²) in [5.74, 6) is 1.09. The maximum atomic E-state index is 12.8. The Morgan fingerprint density at radius 1 is 0.884 bits per heavy atom. The smallest absolute Gasteiger partial charge is 0.268 e. The van der Waals surface area contributed by atoms with Crippen LogP contribution in [-0.4, -0.2) is 50.4 Å². The molecular formula is C30H29N7O5S. The SMILES string of the molecule is COc1cc(Nc2nc3ccccc3nc2N(c2cccc(NC(=O)CNCc3ccccn3)c2)S(=O)O)cc(OC)c1. The van der Waals surface area contributed by atoms with E-state index in [9.17, 15) is 13.6 Å². The van der Waals surface area contributed by atoms with E-state index in [4.69, 9.17) is 19.4 Å². The highest BCUT2D eigenvalue weighted by molar-refractivity contribution is 7.81. The molecule has 0 radical (unpaired) electrons. The Hall–Kier alpha value is -5.11. The van der Waals surface area contributed by atoms with Crippen LogP contribution in [0.25, 0.3) is 11.0 Å². The number of ether oxygens (including phenoxy) is 2. The Labute approximate surface area is 250 Å². The third-order valence-electron chi connectivity index (χ3n) is 6.20. The maximum absolute atomic E-state index is 12.8. The summed E-state index contributed by atoms with van der Waals surface area (Å²) in [4.78, 5) is 26.3. The lowest BCUT2D eigenvalue weighted by molar-refractivity contribution is -0.115. The van der Waals surface area contributed by atoms with Crippen LogP contribution in [0.5, 0.6) is 11.5 Å². The molecule has 0 saturated heterocycles. The van der Waals surface area contributed by atoms with Gasteiger partial charge >= 0.3 is 0 Å². The van der Waals surface area contributed by atoms with Crippen molar-refractivity contribution in [3.8, 4) is 11.5 Å². The number of carbonyl (C=O) groups is 1. The fraction of sp³-hybridized carbons (Fsp3) is 0.133. The van der Waals surface area contributed by atoms with Crippen LogP contribution in [0, 0.1) is 0 Å². The number of hydrogen-bond donors (Lipinski definition) is 4. The molecule has 3 aromatic carbocycles. The van der Waals surface area contributed by atoms with Crippen LogP contribution in [0.15, 0.2) is 91.1 Å². The van der Waals surface area contributed by atoms with Gasteiger partial charge in [0.15, 0.2) is 11.6 Å². The van der Waals surface area contributed by atoms with E-state index in [1.807, 2.05) is 24.3 Å². The first-order valence-electron chi connectivity index (χ1n) is 13.1. The molecule has 0 spiro atoms. The summed E-state index contributed by atoms with van der Waals surface area (Å²) in [7, 11) is 3.08. The largest absolute Gasteiger partial charge is 0.497 e. The summed E-state index contributed by atoms with van der Waals surface area (Å²) in [5, 5.41) is 9.06. The van der Waals surface area contributed by atoms with Crippen LogP contribution in [-0.2, 0) is 22.6 Å². The minimum atomic E-state index is -2.57. The Bertz CT molecular complexity index is 1730. The van der Waals surface area contributed by atoms with Crippen molar-refractivity contribution in [2.24, 2.45) is 0 Å². The Kier molecular flexibility index (Phi) is 9.36. The van der Waals surface area contributed by atoms with Gasteiger partial charge in [-0.05, 0) is 42.5 Å². The number of nitrogens with one attached hydrogen (secondary N) is 3. The third-order valence-corrected chi connectivity index (χ3v) is 6.89. The minimum Gasteiger partial charge on any atom is -0.497 e. The van der Waals surface area contributed by atoms with Crippen molar-refractivity contribution in [1.82, 2.24) is 20.3 Å². The zero-order valence-corrected chi connectivity index (χ0v) is 24.2. The number of amides is 1. The fourth-order valence-corrected chi connectivity index (χ4v) is 4.81. The summed E-state index contributed by atoms with van der Waals surface area (Å²) >= 11 is -2.57. The second-order valence-electron chi connectivity index (χ2n) is 9.16. The molecule has 13 heteroatoms. The highest BCUT2D eigenvalue weighted by Crippen LogP contribution is 2.36. The first-order chi connectivity index (χ1) is 20.9. The molecule has 0 bridgehead atoms. The molecule has 0 aliphatic heterocycles. The van der Waals surface area contributed by atoms with Gasteiger partial charge in [0.05, 0.1) is 43.2 Å². The first-order valence-corrected chi connectivity index (χ1v) is 14.2. The summed E-state index contributed by atoms with van der Waals surface area (Å²) in [6, 6.07) is 24.5. The van der Waals surface area contributed by atoms with E-state index in [-0.39, 0.29) is 24.1 Å². The molecule has 0 fully saturated rings. The van der Waals surface area contributed by atoms with Crippen molar-refractivity contribution in [1.29, 1.82) is 0 Å². The second kappa shape index (κ2) is 13.7. The van der Waals surface area contributed by atoms with Gasteiger partial charge in [0.1, 0.15) is 11.5 Å². The number of aromatic nitrogens is 3. The van der Waals surface area contributed by atoms with E-state index in [1.165, 1.54) is 0 Å². The van der Waals surface area contributed by atoms with Crippen LogP contribution in [0.1, 0.15) is 5.69 Å². The molecule has 1 atom stereocenters. The third kappa shape index (κ3) is 7.40. The number of nitrogens with zero attached hydrogens (tertiary/aromatic N) is 4. The molecule has 0 saturated carbocycles. The molecule has 12 nitrogen and oxygen atoms in total. The van der Waals surface area contributed by atoms with Gasteiger partial charge in [-0.3, -0.25) is 14.3 Å². The maximum Gasteiger partial charge on any atom is 0.268 e. The number of fused-ring (bicyclic) bond motifs is 1. The van der Waals surface area contributed by atoms with Crippen LogP contribution < -0.4 is 29.7 Å². The van der Waals surface area contributed by atoms with E-state index >= 15 is 0 Å². The number of anilines is 5. The average Bonchev–Trinajstić information content (AvgIpc) is 3.01. The lowest BCUT2D eigenvalue weighted by Gasteiger charge is -2.23. The van der Waals surface area contributed by atoms with E-state index < -0.39 is 11.3 Å². The molecule has 5 aromatic rings. The lowest BCUT2D eigenvalue weighted by Crippen LogP contribution is -2.28. The van der Waals surface area contributed by atoms with E-state index in [2.05, 4.69) is 20.9 Å². The van der Waals surface area contributed by atoms with Gasteiger partial charge in [-0.25, -0.2) is 18.5 Å². The number of hydrogen-bond acceptors (Lipinski definition) is 9. The molecule has 220 valence electrons. The molecule has 0 aliphatic rings. The van der Waals surface area contributed by atoms with Crippen molar-refractivity contribution < 1.29 is 23.0 Å². The lowest BCUT2D eigenvalue weighted by atomic mass is 10.2. The number of benzene rings is 3. The highest BCUT2D eigenvalue weighted by Gasteiger charge is 2.23. The zero-order valence-electron chi connectivity index (χ0n) is 23.4. The molecule has 1 unspecified atom stereocenters. The van der Waals surface area contributed by atoms with Gasteiger partial charge in [-0.15, -0.1) is 0 Å². The van der Waals surface area contributed by atoms with E-state index in [1.54, 1.807) is 81.1 Å². The fourth-order valence-electron chi connectivity index (χ4n) is 4.24. The van der Waals surface area contributed by atoms with Gasteiger partial charge in [0.2, 0.25) is 5.91 Å². The van der Waals surface area contributed by atoms with Crippen molar-refractivity contribution >= 4 is 56.9 Å². The van der Waals surface area contributed by atoms with Gasteiger partial charge in [-0.1, -0.05) is 24.3 Å². The van der Waals surface area contributed by atoms with Crippen molar-refractivity contribution in [2.75, 3.05) is 35.7 Å². The topological polar surface area (TPSA) is 151 Å². The van der Waals surface area contributed by atoms with Gasteiger partial charge in [-0.2, -0.15) is 0 Å². The second-order valence-corrected chi connectivity index (χ2v) is 9.99. The molecule has 2 aromatic heterocycles. The molecular weight excluding hydrogens is 570 g/mol. The van der Waals surface area contributed by atoms with Crippen LogP contribution in [0.2, 0.25) is 0 Å². The number of pyridine rings is 1. The Morgan fingerprint density at radius 3 is 2.28 bits per heavy atom. The quantitative estimate of drug-likeness (QED) is 0.147. The predicted octanol–water partition coefficient (Wildman–Crippen LogP) is 4.79. The highest BCUT2D eigenvalue weighted by atomic mass is 32.2. The number of rotatable bonds is 12. The van der Waals surface area contributed by atoms with Crippen LogP contribution >= 0.6 is 0 Å². The number of methoxy groups -OCH3 is 2. The van der Waals surface area contributed by atoms with Gasteiger partial charge in [0.25, 0.3) is 11.3 Å². The van der Waals surface area contributed by atoms with Crippen molar-refractivity contribution in [2.45, 2.75) is 6.54 Å². The first kappa shape index (κ1) is 29.4. The Balaban J connectivity index is 1.44. The predicted molar refractivity (Wildman–Crippen MR) is 166 cm³/mol. The summed E-state index contributed by atoms with van der Waals surface area (Å²) in [6.45, 7) is 0.478. The minimum absolute atomic E-state index is 0.0463. The van der Waals surface area contributed by atoms with E-state index in [0.717, 1.165) is 10.00 Å². The van der Waals surface area contributed by atoms with E-state index in [0.29, 0.717) is 46.1 Å². The molecule has 0 aliphatic carbocycles. The summed E-state index contributed by atoms with van der Waals surface area (Å²) < 4.78 is 35.2. The van der Waals surface area contributed by atoms with Gasteiger partial charge in [0, 0.05) is 42.3 Å². The van der Waals surface area contributed by atoms with Crippen LogP contribution in [0.3, 0.4) is 0 Å². The molecule has 5 rings (SSSR count). The standard InChI is InChI=1S/C30H29N7O5S/c1-41-24-15-22(16-25(17-24)42-2)34-29-30(36-27-12-4-3-11-26(27)35-29)37(43(39)40)23-10-7-9-20(14-23)33-28(38)19-31-18-21-8-5-6-13-32-21/h3-17,31H,18-19H2,1-2H3,(H,33,38)(H,34,35)(H,39,40). The Morgan fingerprint density at radius 2 is 1.60 bits per heavy atom. The monoisotopic (exact) mass is 599 g/mol. The number of para-hydroxylation sites is 2. The molecule has 2 heterocycles.